The third kappa shape index (κ3) is 6.80. The second-order valence-corrected chi connectivity index (χ2v) is 11.1. The molecule has 0 unspecified atom stereocenters. The number of hydrogen-bond acceptors (Lipinski definition) is 9. The fourth-order valence-corrected chi connectivity index (χ4v) is 4.99. The van der Waals surface area contributed by atoms with Crippen LogP contribution >= 0.6 is 0 Å². The average molecular weight is 592 g/mol. The lowest BCUT2D eigenvalue weighted by Crippen LogP contribution is -2.49. The van der Waals surface area contributed by atoms with E-state index >= 15 is 4.39 Å². The minimum Gasteiger partial charge on any atom is -0.449 e. The van der Waals surface area contributed by atoms with Crippen LogP contribution in [0, 0.1) is 18.6 Å². The molecule has 0 atom stereocenters. The van der Waals surface area contributed by atoms with E-state index in [2.05, 4.69) is 30.2 Å². The normalized spacial score (nSPS) is 13.8. The molecule has 1 amide bonds. The summed E-state index contributed by atoms with van der Waals surface area (Å²) in [6.45, 7) is 9.81. The molecule has 0 bridgehead atoms. The van der Waals surface area contributed by atoms with Gasteiger partial charge in [-0.05, 0) is 63.1 Å². The predicted molar refractivity (Wildman–Crippen MR) is 160 cm³/mol. The summed E-state index contributed by atoms with van der Waals surface area (Å²) >= 11 is 0. The Morgan fingerprint density at radius 1 is 1.05 bits per heavy atom. The highest BCUT2D eigenvalue weighted by Gasteiger charge is 2.24. The number of rotatable bonds is 8. The first-order valence-corrected chi connectivity index (χ1v) is 14.3. The maximum Gasteiger partial charge on any atom is 0.409 e. The maximum absolute atomic E-state index is 15.2. The fraction of sp³-hybridized carbons (Fsp3) is 0.387. The molecule has 1 fully saturated rings. The van der Waals surface area contributed by atoms with Crippen molar-refractivity contribution in [1.82, 2.24) is 24.8 Å². The topological polar surface area (TPSA) is 117 Å². The first-order valence-electron chi connectivity index (χ1n) is 14.3. The number of nitrogens with one attached hydrogen (secondary N) is 1. The number of anilines is 3. The quantitative estimate of drug-likeness (QED) is 0.249. The van der Waals surface area contributed by atoms with E-state index in [4.69, 9.17) is 4.74 Å². The van der Waals surface area contributed by atoms with Crippen LogP contribution in [0.25, 0.3) is 22.2 Å². The number of aryl methyl sites for hydroxylation is 1. The van der Waals surface area contributed by atoms with Gasteiger partial charge in [0, 0.05) is 42.8 Å². The standard InChI is InChI=1S/C31H35F2N7O3/c1-5-6-13-43-30(41)40-11-9-39(10-12-40)21-7-8-26(34-17-21)37-29-35-18-25(33)27(38-29)20-15-22-23(31(3,4)42)14-19(2)36-28(22)24(32)16-20/h7-8,14-18,42H,5-6,9-13H2,1-4H3,(H,34,35,37,38). The molecular weight excluding hydrogens is 556 g/mol. The number of hydrogen-bond donors (Lipinski definition) is 2. The van der Waals surface area contributed by atoms with Crippen LogP contribution in [0.3, 0.4) is 0 Å². The van der Waals surface area contributed by atoms with Gasteiger partial charge in [-0.3, -0.25) is 4.98 Å². The summed E-state index contributed by atoms with van der Waals surface area (Å²) in [6.07, 6.45) is 4.26. The first kappa shape index (κ1) is 30.0. The molecule has 1 aromatic carbocycles. The van der Waals surface area contributed by atoms with Gasteiger partial charge in [0.25, 0.3) is 0 Å². The number of fused-ring (bicyclic) bond motifs is 1. The van der Waals surface area contributed by atoms with E-state index in [0.29, 0.717) is 55.2 Å². The van der Waals surface area contributed by atoms with Crippen LogP contribution in [-0.4, -0.2) is 68.8 Å². The lowest BCUT2D eigenvalue weighted by molar-refractivity contribution is 0.0800. The summed E-state index contributed by atoms with van der Waals surface area (Å²) in [4.78, 5) is 33.1. The molecule has 1 aliphatic heterocycles. The summed E-state index contributed by atoms with van der Waals surface area (Å²) < 4.78 is 35.5. The highest BCUT2D eigenvalue weighted by atomic mass is 19.1. The number of carbonyl (C=O) groups excluding carboxylic acids is 1. The van der Waals surface area contributed by atoms with Crippen molar-refractivity contribution >= 4 is 34.4 Å². The summed E-state index contributed by atoms with van der Waals surface area (Å²) in [7, 11) is 0. The van der Waals surface area contributed by atoms with Gasteiger partial charge in [0.1, 0.15) is 22.8 Å². The van der Waals surface area contributed by atoms with Crippen molar-refractivity contribution in [3.63, 3.8) is 0 Å². The van der Waals surface area contributed by atoms with E-state index in [0.717, 1.165) is 24.7 Å². The molecule has 0 spiro atoms. The second kappa shape index (κ2) is 12.4. The minimum atomic E-state index is -1.28. The minimum absolute atomic E-state index is 0.0806. The molecule has 4 heterocycles. The molecule has 0 aliphatic carbocycles. The molecule has 1 saturated heterocycles. The highest BCUT2D eigenvalue weighted by Crippen LogP contribution is 2.34. The van der Waals surface area contributed by atoms with E-state index < -0.39 is 17.2 Å². The van der Waals surface area contributed by atoms with Crippen molar-refractivity contribution < 1.29 is 23.4 Å². The molecule has 0 radical (unpaired) electrons. The third-order valence-electron chi connectivity index (χ3n) is 7.29. The Hall–Kier alpha value is -4.45. The summed E-state index contributed by atoms with van der Waals surface area (Å²) in [5.74, 6) is -0.864. The van der Waals surface area contributed by atoms with E-state index in [1.807, 2.05) is 13.0 Å². The average Bonchev–Trinajstić information content (AvgIpc) is 2.98. The zero-order valence-corrected chi connectivity index (χ0v) is 24.7. The van der Waals surface area contributed by atoms with Crippen molar-refractivity contribution in [2.45, 2.75) is 46.1 Å². The van der Waals surface area contributed by atoms with Gasteiger partial charge in [-0.15, -0.1) is 0 Å². The van der Waals surface area contributed by atoms with Crippen molar-refractivity contribution in [3.05, 3.63) is 65.6 Å². The Bertz CT molecular complexity index is 1620. The number of amides is 1. The van der Waals surface area contributed by atoms with Crippen molar-refractivity contribution in [2.75, 3.05) is 43.0 Å². The first-order chi connectivity index (χ1) is 20.5. The van der Waals surface area contributed by atoms with Gasteiger partial charge in [0.2, 0.25) is 5.95 Å². The number of carbonyl (C=O) groups is 1. The number of piperazine rings is 1. The Labute approximate surface area is 248 Å². The third-order valence-corrected chi connectivity index (χ3v) is 7.29. The number of ether oxygens (including phenoxy) is 1. The number of aromatic nitrogens is 4. The van der Waals surface area contributed by atoms with Gasteiger partial charge >= 0.3 is 6.09 Å². The number of aliphatic hydroxyl groups is 1. The zero-order chi connectivity index (χ0) is 30.7. The Balaban J connectivity index is 1.31. The predicted octanol–water partition coefficient (Wildman–Crippen LogP) is 5.70. The summed E-state index contributed by atoms with van der Waals surface area (Å²) in [6, 6.07) is 8.08. The molecule has 10 nitrogen and oxygen atoms in total. The Kier molecular flexibility index (Phi) is 8.67. The van der Waals surface area contributed by atoms with Crippen LogP contribution in [0.1, 0.15) is 44.9 Å². The van der Waals surface area contributed by atoms with Crippen LogP contribution in [0.5, 0.6) is 0 Å². The van der Waals surface area contributed by atoms with E-state index in [1.165, 1.54) is 6.07 Å². The van der Waals surface area contributed by atoms with Crippen LogP contribution in [0.2, 0.25) is 0 Å². The van der Waals surface area contributed by atoms with E-state index in [9.17, 15) is 14.3 Å². The second-order valence-electron chi connectivity index (χ2n) is 11.1. The molecule has 4 aromatic rings. The molecule has 0 saturated carbocycles. The fourth-order valence-electron chi connectivity index (χ4n) is 4.99. The van der Waals surface area contributed by atoms with Gasteiger partial charge in [0.15, 0.2) is 5.82 Å². The molecule has 3 aromatic heterocycles. The summed E-state index contributed by atoms with van der Waals surface area (Å²) in [5, 5.41) is 14.1. The molecule has 43 heavy (non-hydrogen) atoms. The van der Waals surface area contributed by atoms with Crippen molar-refractivity contribution in [3.8, 4) is 11.3 Å². The molecule has 2 N–H and O–H groups in total. The molecule has 226 valence electrons. The van der Waals surface area contributed by atoms with E-state index in [-0.39, 0.29) is 28.8 Å². The molecule has 5 rings (SSSR count). The molecule has 12 heteroatoms. The van der Waals surface area contributed by atoms with Crippen molar-refractivity contribution in [2.24, 2.45) is 0 Å². The number of halogens is 2. The Morgan fingerprint density at radius 2 is 1.81 bits per heavy atom. The van der Waals surface area contributed by atoms with Crippen molar-refractivity contribution in [1.29, 1.82) is 0 Å². The largest absolute Gasteiger partial charge is 0.449 e. The van der Waals surface area contributed by atoms with Gasteiger partial charge in [0.05, 0.1) is 30.3 Å². The summed E-state index contributed by atoms with van der Waals surface area (Å²) in [5.41, 5.74) is 0.804. The number of pyridine rings is 2. The van der Waals surface area contributed by atoms with Gasteiger partial charge < -0.3 is 25.0 Å². The van der Waals surface area contributed by atoms with Gasteiger partial charge in [-0.2, -0.15) is 0 Å². The van der Waals surface area contributed by atoms with E-state index in [1.54, 1.807) is 50.1 Å². The SMILES string of the molecule is CCCCOC(=O)N1CCN(c2ccc(Nc3ncc(F)c(-c4cc(F)c5nc(C)cc(C(C)(C)O)c5c4)n3)nc2)CC1. The zero-order valence-electron chi connectivity index (χ0n) is 24.7. The lowest BCUT2D eigenvalue weighted by Gasteiger charge is -2.35. The Morgan fingerprint density at radius 3 is 2.49 bits per heavy atom. The molecular formula is C31H35F2N7O3. The van der Waals surface area contributed by atoms with Crippen LogP contribution in [-0.2, 0) is 10.3 Å². The maximum atomic E-state index is 15.2. The van der Waals surface area contributed by atoms with Crippen LogP contribution in [0.15, 0.2) is 42.7 Å². The monoisotopic (exact) mass is 591 g/mol. The number of unbranched alkanes of at least 4 members (excludes halogenated alkanes) is 1. The lowest BCUT2D eigenvalue weighted by atomic mass is 9.92. The highest BCUT2D eigenvalue weighted by molar-refractivity contribution is 5.88. The van der Waals surface area contributed by atoms with Gasteiger partial charge in [-0.25, -0.2) is 28.5 Å². The molecule has 1 aliphatic rings. The number of benzene rings is 1. The van der Waals surface area contributed by atoms with Gasteiger partial charge in [-0.1, -0.05) is 13.3 Å². The van der Waals surface area contributed by atoms with Crippen LogP contribution < -0.4 is 10.2 Å². The van der Waals surface area contributed by atoms with Crippen LogP contribution in [0.4, 0.5) is 31.0 Å². The number of nitrogens with zero attached hydrogens (tertiary/aromatic N) is 6. The smallest absolute Gasteiger partial charge is 0.409 e.